The first-order chi connectivity index (χ1) is 10.5. The molecule has 0 saturated carbocycles. The van der Waals surface area contributed by atoms with E-state index in [9.17, 15) is 8.42 Å². The van der Waals surface area contributed by atoms with Gasteiger partial charge in [0.2, 0.25) is 0 Å². The van der Waals surface area contributed by atoms with E-state index in [4.69, 9.17) is 9.66 Å². The molecule has 0 aromatic heterocycles. The van der Waals surface area contributed by atoms with Crippen LogP contribution in [0.25, 0.3) is 0 Å². The molecule has 0 aromatic rings. The predicted molar refractivity (Wildman–Crippen MR) is 92.7 cm³/mol. The fourth-order valence-corrected chi connectivity index (χ4v) is 3.38. The second-order valence-corrected chi connectivity index (χ2v) is 8.05. The van der Waals surface area contributed by atoms with Crippen molar-refractivity contribution in [3.63, 3.8) is 0 Å². The topological polar surface area (TPSA) is 74.6 Å². The summed E-state index contributed by atoms with van der Waals surface area (Å²) in [7, 11) is -4.08. The maximum Gasteiger partial charge on any atom is 0.270 e. The summed E-state index contributed by atoms with van der Waals surface area (Å²) in [6, 6.07) is 0. The number of hydrogen-bond donors (Lipinski definition) is 2. The van der Waals surface area contributed by atoms with Crippen molar-refractivity contribution in [3.8, 4) is 0 Å². The molecule has 0 saturated heterocycles. The van der Waals surface area contributed by atoms with Crippen LogP contribution < -0.4 is 0 Å². The second kappa shape index (κ2) is 14.5. The maximum atomic E-state index is 10.9. The van der Waals surface area contributed by atoms with Crippen LogP contribution in [-0.2, 0) is 10.1 Å². The van der Waals surface area contributed by atoms with E-state index in [2.05, 4.69) is 6.92 Å². The highest BCUT2D eigenvalue weighted by atomic mass is 32.2. The molecule has 1 atom stereocenters. The van der Waals surface area contributed by atoms with Crippen LogP contribution in [-0.4, -0.2) is 29.9 Å². The highest BCUT2D eigenvalue weighted by molar-refractivity contribution is 7.86. The Morgan fingerprint density at radius 2 is 1.09 bits per heavy atom. The zero-order valence-electron chi connectivity index (χ0n) is 14.3. The van der Waals surface area contributed by atoms with Crippen LogP contribution in [0.2, 0.25) is 0 Å². The Morgan fingerprint density at radius 3 is 1.41 bits per heavy atom. The van der Waals surface area contributed by atoms with Crippen molar-refractivity contribution in [3.05, 3.63) is 0 Å². The lowest BCUT2D eigenvalue weighted by atomic mass is 10.0. The molecule has 0 radical (unpaired) electrons. The average molecular weight is 337 g/mol. The minimum Gasteiger partial charge on any atom is -0.395 e. The predicted octanol–water partition coefficient (Wildman–Crippen LogP) is 4.72. The SMILES string of the molecule is CCCCCCCCCCCCCCCC(CO)S(=O)(=O)O. The van der Waals surface area contributed by atoms with Gasteiger partial charge in [-0.2, -0.15) is 8.42 Å². The fraction of sp³-hybridized carbons (Fsp3) is 1.00. The lowest BCUT2D eigenvalue weighted by Crippen LogP contribution is -2.24. The number of aliphatic hydroxyl groups excluding tert-OH is 1. The van der Waals surface area contributed by atoms with Gasteiger partial charge < -0.3 is 5.11 Å². The third-order valence-electron chi connectivity index (χ3n) is 4.25. The van der Waals surface area contributed by atoms with Gasteiger partial charge in [-0.3, -0.25) is 4.55 Å². The van der Waals surface area contributed by atoms with Crippen molar-refractivity contribution in [2.24, 2.45) is 0 Å². The second-order valence-electron chi connectivity index (χ2n) is 6.35. The molecule has 0 aliphatic rings. The highest BCUT2D eigenvalue weighted by Gasteiger charge is 2.20. The van der Waals surface area contributed by atoms with E-state index >= 15 is 0 Å². The molecule has 0 amide bonds. The monoisotopic (exact) mass is 336 g/mol. The van der Waals surface area contributed by atoms with Gasteiger partial charge in [0.05, 0.1) is 6.61 Å². The molecule has 5 heteroatoms. The van der Waals surface area contributed by atoms with Gasteiger partial charge in [-0.15, -0.1) is 0 Å². The summed E-state index contributed by atoms with van der Waals surface area (Å²) in [6.45, 7) is 1.75. The molecular formula is C17H36O4S. The first-order valence-electron chi connectivity index (χ1n) is 9.09. The van der Waals surface area contributed by atoms with Crippen LogP contribution in [0.1, 0.15) is 96.8 Å². The van der Waals surface area contributed by atoms with Crippen molar-refractivity contribution in [2.45, 2.75) is 102 Å². The molecule has 0 fully saturated rings. The quantitative estimate of drug-likeness (QED) is 0.316. The molecule has 0 aromatic carbocycles. The summed E-state index contributed by atoms with van der Waals surface area (Å²) in [5, 5.41) is 7.91. The van der Waals surface area contributed by atoms with Crippen LogP contribution >= 0.6 is 0 Å². The van der Waals surface area contributed by atoms with E-state index in [1.807, 2.05) is 0 Å². The van der Waals surface area contributed by atoms with E-state index in [1.54, 1.807) is 0 Å². The first-order valence-corrected chi connectivity index (χ1v) is 10.6. The van der Waals surface area contributed by atoms with E-state index in [1.165, 1.54) is 64.2 Å². The third kappa shape index (κ3) is 13.5. The van der Waals surface area contributed by atoms with Crippen molar-refractivity contribution < 1.29 is 18.1 Å². The van der Waals surface area contributed by atoms with Crippen LogP contribution in [0, 0.1) is 0 Å². The fourth-order valence-electron chi connectivity index (χ4n) is 2.72. The Bertz CT molecular complexity index is 328. The summed E-state index contributed by atoms with van der Waals surface area (Å²) >= 11 is 0. The minimum absolute atomic E-state index is 0.354. The largest absolute Gasteiger partial charge is 0.395 e. The molecule has 0 spiro atoms. The summed E-state index contributed by atoms with van der Waals surface area (Å²) < 4.78 is 30.7. The van der Waals surface area contributed by atoms with Crippen molar-refractivity contribution >= 4 is 10.1 Å². The van der Waals surface area contributed by atoms with Gasteiger partial charge in [-0.1, -0.05) is 90.4 Å². The molecule has 0 rings (SSSR count). The Hall–Kier alpha value is -0.130. The Labute approximate surface area is 137 Å². The van der Waals surface area contributed by atoms with E-state index in [0.717, 1.165) is 19.3 Å². The Kier molecular flexibility index (Phi) is 14.4. The first kappa shape index (κ1) is 21.9. The van der Waals surface area contributed by atoms with Gasteiger partial charge in [0.25, 0.3) is 10.1 Å². The smallest absolute Gasteiger partial charge is 0.270 e. The number of unbranched alkanes of at least 4 members (excludes halogenated alkanes) is 12. The van der Waals surface area contributed by atoms with Gasteiger partial charge in [-0.25, -0.2) is 0 Å². The molecule has 2 N–H and O–H groups in total. The normalized spacial score (nSPS) is 13.4. The van der Waals surface area contributed by atoms with Crippen molar-refractivity contribution in [1.82, 2.24) is 0 Å². The van der Waals surface area contributed by atoms with Gasteiger partial charge in [-0.05, 0) is 6.42 Å². The summed E-state index contributed by atoms with van der Waals surface area (Å²) in [6.07, 6.45) is 16.5. The molecule has 0 bridgehead atoms. The Morgan fingerprint density at radius 1 is 0.727 bits per heavy atom. The van der Waals surface area contributed by atoms with Crippen molar-refractivity contribution in [2.75, 3.05) is 6.61 Å². The van der Waals surface area contributed by atoms with E-state index in [-0.39, 0.29) is 0 Å². The summed E-state index contributed by atoms with van der Waals surface area (Å²) in [4.78, 5) is 0. The molecular weight excluding hydrogens is 300 g/mol. The third-order valence-corrected chi connectivity index (χ3v) is 5.48. The van der Waals surface area contributed by atoms with Gasteiger partial charge in [0.15, 0.2) is 0 Å². The van der Waals surface area contributed by atoms with Crippen LogP contribution in [0.15, 0.2) is 0 Å². The highest BCUT2D eigenvalue weighted by Crippen LogP contribution is 2.14. The molecule has 0 aliphatic heterocycles. The molecule has 0 heterocycles. The van der Waals surface area contributed by atoms with Crippen LogP contribution in [0.4, 0.5) is 0 Å². The van der Waals surface area contributed by atoms with Crippen LogP contribution in [0.5, 0.6) is 0 Å². The summed E-state index contributed by atoms with van der Waals surface area (Å²) in [5.74, 6) is 0. The number of rotatable bonds is 16. The molecule has 1 unspecified atom stereocenters. The maximum absolute atomic E-state index is 10.9. The zero-order chi connectivity index (χ0) is 16.7. The molecule has 4 nitrogen and oxygen atoms in total. The van der Waals surface area contributed by atoms with Crippen LogP contribution in [0.3, 0.4) is 0 Å². The zero-order valence-corrected chi connectivity index (χ0v) is 15.1. The lowest BCUT2D eigenvalue weighted by molar-refractivity contribution is 0.276. The lowest BCUT2D eigenvalue weighted by Gasteiger charge is -2.10. The summed E-state index contributed by atoms with van der Waals surface area (Å²) in [5.41, 5.74) is 0. The molecule has 22 heavy (non-hydrogen) atoms. The van der Waals surface area contributed by atoms with E-state index in [0.29, 0.717) is 6.42 Å². The standard InChI is InChI=1S/C17H36O4S/c1-2-3-4-5-6-7-8-9-10-11-12-13-14-15-17(16-18)22(19,20)21/h17-18H,2-16H2,1H3,(H,19,20,21). The van der Waals surface area contributed by atoms with Gasteiger partial charge in [0.1, 0.15) is 5.25 Å². The minimum atomic E-state index is -4.08. The molecule has 0 aliphatic carbocycles. The van der Waals surface area contributed by atoms with Crippen molar-refractivity contribution in [1.29, 1.82) is 0 Å². The van der Waals surface area contributed by atoms with Gasteiger partial charge in [0, 0.05) is 0 Å². The number of aliphatic hydroxyl groups is 1. The molecule has 134 valence electrons. The average Bonchev–Trinajstić information content (AvgIpc) is 2.46. The van der Waals surface area contributed by atoms with E-state index < -0.39 is 22.0 Å². The van der Waals surface area contributed by atoms with Gasteiger partial charge >= 0.3 is 0 Å². The Balaban J connectivity index is 3.27. The number of hydrogen-bond acceptors (Lipinski definition) is 3.